The van der Waals surface area contributed by atoms with Crippen molar-refractivity contribution in [3.8, 4) is 0 Å². The minimum Gasteiger partial charge on any atom is -0.384 e. The third-order valence-electron chi connectivity index (χ3n) is 3.06. The zero-order valence-corrected chi connectivity index (χ0v) is 12.9. The van der Waals surface area contributed by atoms with Gasteiger partial charge in [-0.3, -0.25) is 0 Å². The molecule has 0 aliphatic carbocycles. The lowest BCUT2D eigenvalue weighted by Gasteiger charge is -2.14. The molecule has 0 heterocycles. The summed E-state index contributed by atoms with van der Waals surface area (Å²) in [6.07, 6.45) is 1.37. The van der Waals surface area contributed by atoms with Crippen LogP contribution in [0.2, 0.25) is 0 Å². The van der Waals surface area contributed by atoms with Crippen LogP contribution in [0, 0.1) is 9.39 Å². The largest absolute Gasteiger partial charge is 0.384 e. The van der Waals surface area contributed by atoms with Gasteiger partial charge in [-0.15, -0.1) is 0 Å². The number of rotatable bonds is 4. The van der Waals surface area contributed by atoms with E-state index in [1.165, 1.54) is 17.7 Å². The first-order chi connectivity index (χ1) is 9.11. The number of hydrogen-bond donors (Lipinski definition) is 1. The van der Waals surface area contributed by atoms with Gasteiger partial charge in [0.1, 0.15) is 11.9 Å². The van der Waals surface area contributed by atoms with Crippen LogP contribution in [0.1, 0.15) is 36.1 Å². The average Bonchev–Trinajstić information content (AvgIpc) is 2.39. The first-order valence-electron chi connectivity index (χ1n) is 6.33. The maximum atomic E-state index is 13.1. The lowest BCUT2D eigenvalue weighted by molar-refractivity contribution is 0.219. The predicted octanol–water partition coefficient (Wildman–Crippen LogP) is 4.46. The molecule has 0 bridgehead atoms. The van der Waals surface area contributed by atoms with Gasteiger partial charge in [-0.1, -0.05) is 43.7 Å². The van der Waals surface area contributed by atoms with Crippen LogP contribution in [0.15, 0.2) is 42.5 Å². The van der Waals surface area contributed by atoms with E-state index in [9.17, 15) is 9.50 Å². The highest BCUT2D eigenvalue weighted by atomic mass is 127. The molecule has 100 valence electrons. The molecule has 0 aliphatic rings. The molecule has 0 fully saturated rings. The molecule has 1 nitrogen and oxygen atoms in total. The molecular formula is C16H16FIO. The van der Waals surface area contributed by atoms with Gasteiger partial charge in [-0.25, -0.2) is 4.39 Å². The number of aliphatic hydroxyl groups excluding tert-OH is 1. The quantitative estimate of drug-likeness (QED) is 0.788. The molecule has 2 aromatic carbocycles. The number of hydrogen-bond acceptors (Lipinski definition) is 1. The molecule has 1 unspecified atom stereocenters. The first-order valence-corrected chi connectivity index (χ1v) is 7.41. The summed E-state index contributed by atoms with van der Waals surface area (Å²) < 4.78 is 13.8. The van der Waals surface area contributed by atoms with E-state index < -0.39 is 6.10 Å². The van der Waals surface area contributed by atoms with E-state index in [-0.39, 0.29) is 5.82 Å². The fourth-order valence-electron chi connectivity index (χ4n) is 2.11. The van der Waals surface area contributed by atoms with Crippen molar-refractivity contribution in [3.05, 3.63) is 68.5 Å². The molecule has 0 radical (unpaired) electrons. The second kappa shape index (κ2) is 6.48. The highest BCUT2D eigenvalue weighted by Crippen LogP contribution is 2.27. The Labute approximate surface area is 126 Å². The maximum absolute atomic E-state index is 13.1. The summed E-state index contributed by atoms with van der Waals surface area (Å²) in [6, 6.07) is 12.4. The lowest BCUT2D eigenvalue weighted by atomic mass is 9.98. The fourth-order valence-corrected chi connectivity index (χ4v) is 2.88. The monoisotopic (exact) mass is 370 g/mol. The van der Waals surface area contributed by atoms with Gasteiger partial charge in [-0.2, -0.15) is 0 Å². The maximum Gasteiger partial charge on any atom is 0.124 e. The molecule has 1 atom stereocenters. The van der Waals surface area contributed by atoms with Crippen molar-refractivity contribution in [2.75, 3.05) is 0 Å². The molecule has 0 aliphatic heterocycles. The van der Waals surface area contributed by atoms with Gasteiger partial charge < -0.3 is 5.11 Å². The Morgan fingerprint density at radius 3 is 2.68 bits per heavy atom. The van der Waals surface area contributed by atoms with Gasteiger partial charge in [0.15, 0.2) is 0 Å². The highest BCUT2D eigenvalue weighted by molar-refractivity contribution is 14.1. The van der Waals surface area contributed by atoms with E-state index in [0.717, 1.165) is 27.5 Å². The van der Waals surface area contributed by atoms with Gasteiger partial charge in [0.05, 0.1) is 0 Å². The molecule has 2 rings (SSSR count). The Balaban J connectivity index is 2.32. The molecule has 0 spiro atoms. The molecule has 0 amide bonds. The number of benzene rings is 2. The summed E-state index contributed by atoms with van der Waals surface area (Å²) >= 11 is 2.05. The molecule has 1 N–H and O–H groups in total. The summed E-state index contributed by atoms with van der Waals surface area (Å²) in [6.45, 7) is 2.13. The van der Waals surface area contributed by atoms with Crippen molar-refractivity contribution in [2.45, 2.75) is 25.9 Å². The van der Waals surface area contributed by atoms with Gasteiger partial charge in [-0.05, 0) is 57.8 Å². The van der Waals surface area contributed by atoms with Crippen LogP contribution >= 0.6 is 22.6 Å². The van der Waals surface area contributed by atoms with Crippen molar-refractivity contribution in [1.29, 1.82) is 0 Å². The van der Waals surface area contributed by atoms with E-state index >= 15 is 0 Å². The first kappa shape index (κ1) is 14.5. The SMILES string of the molecule is CCCc1cccc(C(O)c2ccc(F)cc2I)c1. The summed E-state index contributed by atoms with van der Waals surface area (Å²) in [4.78, 5) is 0. The smallest absolute Gasteiger partial charge is 0.124 e. The van der Waals surface area contributed by atoms with Crippen LogP contribution in [-0.4, -0.2) is 5.11 Å². The number of aryl methyl sites for hydroxylation is 1. The third kappa shape index (κ3) is 3.54. The van der Waals surface area contributed by atoms with Crippen LogP contribution in [0.25, 0.3) is 0 Å². The second-order valence-electron chi connectivity index (χ2n) is 4.56. The summed E-state index contributed by atoms with van der Waals surface area (Å²) in [5.41, 5.74) is 2.82. The van der Waals surface area contributed by atoms with Crippen LogP contribution in [0.4, 0.5) is 4.39 Å². The zero-order valence-electron chi connectivity index (χ0n) is 10.7. The predicted molar refractivity (Wildman–Crippen MR) is 83.6 cm³/mol. The molecule has 0 saturated carbocycles. The summed E-state index contributed by atoms with van der Waals surface area (Å²) in [5.74, 6) is -0.278. The Morgan fingerprint density at radius 1 is 1.21 bits per heavy atom. The van der Waals surface area contributed by atoms with Gasteiger partial charge in [0.2, 0.25) is 0 Å². The standard InChI is InChI=1S/C16H16FIO/c1-2-4-11-5-3-6-12(9-11)16(19)14-8-7-13(17)10-15(14)18/h3,5-10,16,19H,2,4H2,1H3. The molecule has 0 aromatic heterocycles. The van der Waals surface area contributed by atoms with Crippen LogP contribution in [0.3, 0.4) is 0 Å². The topological polar surface area (TPSA) is 20.2 Å². The Bertz CT molecular complexity index is 568. The van der Waals surface area contributed by atoms with Crippen LogP contribution < -0.4 is 0 Å². The molecular weight excluding hydrogens is 354 g/mol. The van der Waals surface area contributed by atoms with Gasteiger partial charge in [0.25, 0.3) is 0 Å². The Kier molecular flexibility index (Phi) is 4.93. The lowest BCUT2D eigenvalue weighted by Crippen LogP contribution is -2.03. The van der Waals surface area contributed by atoms with Crippen molar-refractivity contribution >= 4 is 22.6 Å². The van der Waals surface area contributed by atoms with E-state index in [1.807, 2.05) is 18.2 Å². The van der Waals surface area contributed by atoms with E-state index in [2.05, 4.69) is 35.6 Å². The van der Waals surface area contributed by atoms with Crippen molar-refractivity contribution in [1.82, 2.24) is 0 Å². The minimum absolute atomic E-state index is 0.278. The third-order valence-corrected chi connectivity index (χ3v) is 4.00. The van der Waals surface area contributed by atoms with Crippen LogP contribution in [0.5, 0.6) is 0 Å². The van der Waals surface area contributed by atoms with Gasteiger partial charge >= 0.3 is 0 Å². The summed E-state index contributed by atoms with van der Waals surface area (Å²) in [5, 5.41) is 10.4. The zero-order chi connectivity index (χ0) is 13.8. The fraction of sp³-hybridized carbons (Fsp3) is 0.250. The normalized spacial score (nSPS) is 12.4. The Hall–Kier alpha value is -0.940. The van der Waals surface area contributed by atoms with E-state index in [1.54, 1.807) is 6.07 Å². The average molecular weight is 370 g/mol. The molecule has 0 saturated heterocycles. The molecule has 3 heteroatoms. The number of halogens is 2. The molecule has 19 heavy (non-hydrogen) atoms. The highest BCUT2D eigenvalue weighted by Gasteiger charge is 2.14. The van der Waals surface area contributed by atoms with Crippen molar-refractivity contribution in [3.63, 3.8) is 0 Å². The van der Waals surface area contributed by atoms with E-state index in [4.69, 9.17) is 0 Å². The van der Waals surface area contributed by atoms with E-state index in [0.29, 0.717) is 0 Å². The number of aliphatic hydroxyl groups is 1. The van der Waals surface area contributed by atoms with Crippen LogP contribution in [-0.2, 0) is 6.42 Å². The Morgan fingerprint density at radius 2 is 2.00 bits per heavy atom. The summed E-state index contributed by atoms with van der Waals surface area (Å²) in [7, 11) is 0. The van der Waals surface area contributed by atoms with Gasteiger partial charge in [0, 0.05) is 3.57 Å². The minimum atomic E-state index is -0.704. The second-order valence-corrected chi connectivity index (χ2v) is 5.73. The van der Waals surface area contributed by atoms with Crippen molar-refractivity contribution < 1.29 is 9.50 Å². The molecule has 2 aromatic rings. The van der Waals surface area contributed by atoms with Crippen molar-refractivity contribution in [2.24, 2.45) is 0 Å².